The topological polar surface area (TPSA) is 62.5 Å². The second-order valence-electron chi connectivity index (χ2n) is 5.71. The number of hydrogen-bond donors (Lipinski definition) is 2. The van der Waals surface area contributed by atoms with Gasteiger partial charge in [-0.2, -0.15) is 4.73 Å². The minimum atomic E-state index is -0.801. The molecule has 1 heterocycles. The van der Waals surface area contributed by atoms with E-state index in [1.54, 1.807) is 0 Å². The van der Waals surface area contributed by atoms with Gasteiger partial charge < -0.3 is 10.3 Å². The van der Waals surface area contributed by atoms with E-state index < -0.39 is 11.4 Å². The summed E-state index contributed by atoms with van der Waals surface area (Å²) in [6, 6.07) is 7.75. The van der Waals surface area contributed by atoms with Crippen molar-refractivity contribution in [2.45, 2.75) is 44.4 Å². The van der Waals surface area contributed by atoms with Crippen LogP contribution < -0.4 is 0 Å². The molecule has 0 radical (unpaired) electrons. The molecule has 1 aliphatic carbocycles. The van der Waals surface area contributed by atoms with Gasteiger partial charge in [0.15, 0.2) is 0 Å². The van der Waals surface area contributed by atoms with Gasteiger partial charge in [-0.05, 0) is 37.3 Å². The number of carboxylic acids is 1. The molecule has 0 spiro atoms. The number of carbonyl (C=O) groups is 1. The van der Waals surface area contributed by atoms with E-state index in [1.165, 1.54) is 4.73 Å². The quantitative estimate of drug-likeness (QED) is 0.843. The van der Waals surface area contributed by atoms with Crippen molar-refractivity contribution < 1.29 is 15.1 Å². The predicted octanol–water partition coefficient (Wildman–Crippen LogP) is 3.34. The Hall–Kier alpha value is -1.97. The van der Waals surface area contributed by atoms with E-state index in [-0.39, 0.29) is 6.42 Å². The zero-order valence-corrected chi connectivity index (χ0v) is 11.6. The number of nitrogens with zero attached hydrogens (tertiary/aromatic N) is 1. The predicted molar refractivity (Wildman–Crippen MR) is 76.3 cm³/mol. The minimum absolute atomic E-state index is 0.0768. The van der Waals surface area contributed by atoms with E-state index in [1.807, 2.05) is 31.2 Å². The van der Waals surface area contributed by atoms with Crippen LogP contribution in [0.5, 0.6) is 0 Å². The lowest BCUT2D eigenvalue weighted by Gasteiger charge is -2.36. The molecule has 1 atom stereocenters. The van der Waals surface area contributed by atoms with Gasteiger partial charge >= 0.3 is 5.97 Å². The summed E-state index contributed by atoms with van der Waals surface area (Å²) < 4.78 is 1.23. The number of rotatable bonds is 3. The Morgan fingerprint density at radius 3 is 2.85 bits per heavy atom. The van der Waals surface area contributed by atoms with Gasteiger partial charge in [-0.3, -0.25) is 4.79 Å². The first-order chi connectivity index (χ1) is 9.59. The van der Waals surface area contributed by atoms with Gasteiger partial charge in [0.05, 0.1) is 17.6 Å². The van der Waals surface area contributed by atoms with Crippen molar-refractivity contribution >= 4 is 16.9 Å². The largest absolute Gasteiger partial charge is 0.481 e. The number of fused-ring (bicyclic) bond motifs is 3. The average molecular weight is 273 g/mol. The highest BCUT2D eigenvalue weighted by atomic mass is 16.5. The number of benzene rings is 1. The molecule has 20 heavy (non-hydrogen) atoms. The Bertz CT molecular complexity index is 674. The molecule has 4 nitrogen and oxygen atoms in total. The molecule has 0 saturated heterocycles. The van der Waals surface area contributed by atoms with E-state index in [0.717, 1.165) is 47.8 Å². The van der Waals surface area contributed by atoms with Crippen LogP contribution in [0, 0.1) is 0 Å². The molecule has 1 aliphatic rings. The first kappa shape index (κ1) is 13.0. The van der Waals surface area contributed by atoms with Crippen LogP contribution in [-0.2, 0) is 16.6 Å². The van der Waals surface area contributed by atoms with Crippen LogP contribution in [-0.4, -0.2) is 21.0 Å². The molecule has 0 bridgehead atoms. The van der Waals surface area contributed by atoms with E-state index in [2.05, 4.69) is 0 Å². The number of para-hydroxylation sites is 1. The number of aromatic nitrogens is 1. The molecule has 1 aromatic carbocycles. The lowest BCUT2D eigenvalue weighted by atomic mass is 9.69. The highest BCUT2D eigenvalue weighted by Crippen LogP contribution is 2.45. The average Bonchev–Trinajstić information content (AvgIpc) is 2.74. The third kappa shape index (κ3) is 1.71. The van der Waals surface area contributed by atoms with Gasteiger partial charge in [-0.15, -0.1) is 0 Å². The standard InChI is InChI=1S/C16H19NO3/c1-2-16(10-14(18)19)9-5-7-12-11-6-3-4-8-13(11)17(20)15(12)16/h3-4,6,8,20H,2,5,7,9-10H2,1H3,(H,18,19). The van der Waals surface area contributed by atoms with Crippen LogP contribution >= 0.6 is 0 Å². The summed E-state index contributed by atoms with van der Waals surface area (Å²) in [7, 11) is 0. The number of carboxylic acid groups (broad SMARTS) is 1. The fourth-order valence-corrected chi connectivity index (χ4v) is 3.74. The molecular formula is C16H19NO3. The van der Waals surface area contributed by atoms with Crippen LogP contribution in [0.3, 0.4) is 0 Å². The van der Waals surface area contributed by atoms with Crippen LogP contribution in [0.2, 0.25) is 0 Å². The van der Waals surface area contributed by atoms with E-state index in [0.29, 0.717) is 0 Å². The molecule has 0 saturated carbocycles. The molecule has 106 valence electrons. The summed E-state index contributed by atoms with van der Waals surface area (Å²) in [5.74, 6) is -0.801. The van der Waals surface area contributed by atoms with Crippen molar-refractivity contribution in [3.8, 4) is 0 Å². The fraction of sp³-hybridized carbons (Fsp3) is 0.438. The van der Waals surface area contributed by atoms with Crippen molar-refractivity contribution in [2.75, 3.05) is 0 Å². The lowest BCUT2D eigenvalue weighted by molar-refractivity contribution is -0.138. The Kier molecular flexibility index (Phi) is 2.96. The van der Waals surface area contributed by atoms with Gasteiger partial charge in [-0.1, -0.05) is 25.1 Å². The molecule has 2 aromatic rings. The Labute approximate surface area is 117 Å². The monoisotopic (exact) mass is 273 g/mol. The zero-order valence-electron chi connectivity index (χ0n) is 11.6. The number of aliphatic carboxylic acids is 1. The maximum atomic E-state index is 11.3. The summed E-state index contributed by atoms with van der Waals surface area (Å²) in [5.41, 5.74) is 2.27. The van der Waals surface area contributed by atoms with E-state index in [9.17, 15) is 15.1 Å². The van der Waals surface area contributed by atoms with Crippen molar-refractivity contribution in [1.29, 1.82) is 0 Å². The summed E-state index contributed by atoms with van der Waals surface area (Å²) in [4.78, 5) is 11.3. The minimum Gasteiger partial charge on any atom is -0.481 e. The third-order valence-corrected chi connectivity index (χ3v) is 4.71. The molecule has 1 aromatic heterocycles. The van der Waals surface area contributed by atoms with Crippen LogP contribution in [0.25, 0.3) is 10.9 Å². The SMILES string of the molecule is CCC1(CC(=O)O)CCCc2c1n(O)c1ccccc21. The summed E-state index contributed by atoms with van der Waals surface area (Å²) in [6.45, 7) is 2.01. The fourth-order valence-electron chi connectivity index (χ4n) is 3.74. The summed E-state index contributed by atoms with van der Waals surface area (Å²) in [6.07, 6.45) is 3.50. The molecular weight excluding hydrogens is 254 g/mol. The van der Waals surface area contributed by atoms with E-state index >= 15 is 0 Å². The van der Waals surface area contributed by atoms with Crippen molar-refractivity contribution in [1.82, 2.24) is 4.73 Å². The second-order valence-corrected chi connectivity index (χ2v) is 5.71. The second kappa shape index (κ2) is 4.54. The first-order valence-corrected chi connectivity index (χ1v) is 7.13. The third-order valence-electron chi connectivity index (χ3n) is 4.71. The van der Waals surface area contributed by atoms with Gasteiger partial charge in [0.25, 0.3) is 0 Å². The van der Waals surface area contributed by atoms with Crippen LogP contribution in [0.4, 0.5) is 0 Å². The van der Waals surface area contributed by atoms with Crippen molar-refractivity contribution in [2.24, 2.45) is 0 Å². The molecule has 2 N–H and O–H groups in total. The van der Waals surface area contributed by atoms with Crippen LogP contribution in [0.1, 0.15) is 43.9 Å². The summed E-state index contributed by atoms with van der Waals surface area (Å²) >= 11 is 0. The maximum Gasteiger partial charge on any atom is 0.304 e. The zero-order chi connectivity index (χ0) is 14.3. The first-order valence-electron chi connectivity index (χ1n) is 7.13. The van der Waals surface area contributed by atoms with Crippen molar-refractivity contribution in [3.05, 3.63) is 35.5 Å². The molecule has 3 rings (SSSR count). The normalized spacial score (nSPS) is 21.9. The number of hydrogen-bond acceptors (Lipinski definition) is 2. The lowest BCUT2D eigenvalue weighted by Crippen LogP contribution is -2.34. The summed E-state index contributed by atoms with van der Waals surface area (Å²) in [5, 5.41) is 20.9. The highest BCUT2D eigenvalue weighted by molar-refractivity contribution is 5.86. The Morgan fingerprint density at radius 1 is 1.40 bits per heavy atom. The van der Waals surface area contributed by atoms with Gasteiger partial charge in [0, 0.05) is 10.8 Å². The van der Waals surface area contributed by atoms with E-state index in [4.69, 9.17) is 0 Å². The Balaban J connectivity index is 2.29. The highest BCUT2D eigenvalue weighted by Gasteiger charge is 2.41. The van der Waals surface area contributed by atoms with Crippen LogP contribution in [0.15, 0.2) is 24.3 Å². The molecule has 0 fully saturated rings. The van der Waals surface area contributed by atoms with Gasteiger partial charge in [0.2, 0.25) is 0 Å². The number of aryl methyl sites for hydroxylation is 1. The Morgan fingerprint density at radius 2 is 2.15 bits per heavy atom. The molecule has 4 heteroatoms. The van der Waals surface area contributed by atoms with Crippen molar-refractivity contribution in [3.63, 3.8) is 0 Å². The molecule has 0 amide bonds. The molecule has 1 unspecified atom stereocenters. The smallest absolute Gasteiger partial charge is 0.304 e. The maximum absolute atomic E-state index is 11.3. The van der Waals surface area contributed by atoms with Gasteiger partial charge in [0.1, 0.15) is 0 Å². The molecule has 0 aliphatic heterocycles. The van der Waals surface area contributed by atoms with Gasteiger partial charge in [-0.25, -0.2) is 0 Å².